The lowest BCUT2D eigenvalue weighted by Crippen LogP contribution is -2.39. The molecule has 0 bridgehead atoms. The van der Waals surface area contributed by atoms with E-state index < -0.39 is 0 Å². The number of hydrogen-bond donors (Lipinski definition) is 1. The quantitative estimate of drug-likeness (QED) is 0.0690. The van der Waals surface area contributed by atoms with Gasteiger partial charge < -0.3 is 5.32 Å². The maximum atomic E-state index is 3.86. The molecule has 0 aromatic heterocycles. The van der Waals surface area contributed by atoms with E-state index in [1.165, 1.54) is 238 Å². The molecule has 0 rings (SSSR count). The summed E-state index contributed by atoms with van der Waals surface area (Å²) in [5.74, 6) is 0. The first kappa shape index (κ1) is 43.0. The summed E-state index contributed by atoms with van der Waals surface area (Å²) < 4.78 is 0. The van der Waals surface area contributed by atoms with E-state index in [-0.39, 0.29) is 0 Å². The van der Waals surface area contributed by atoms with Gasteiger partial charge in [0.2, 0.25) is 0 Å². The molecular formula is C42H87N. The third-order valence-electron chi connectivity index (χ3n) is 10.0. The van der Waals surface area contributed by atoms with Gasteiger partial charge in [0.05, 0.1) is 0 Å². The lowest BCUT2D eigenvalue weighted by molar-refractivity contribution is 0.342. The van der Waals surface area contributed by atoms with Crippen molar-refractivity contribution in [2.24, 2.45) is 0 Å². The lowest BCUT2D eigenvalue weighted by atomic mass is 9.95. The molecule has 260 valence electrons. The van der Waals surface area contributed by atoms with Gasteiger partial charge in [-0.3, -0.25) is 0 Å². The van der Waals surface area contributed by atoms with Gasteiger partial charge in [-0.2, -0.15) is 0 Å². The average molecular weight is 606 g/mol. The molecule has 0 amide bonds. The van der Waals surface area contributed by atoms with Crippen LogP contribution in [-0.2, 0) is 0 Å². The molecule has 1 heteroatoms. The Kier molecular flexibility index (Phi) is 36.4. The molecule has 0 spiro atoms. The molecule has 0 fully saturated rings. The smallest absolute Gasteiger partial charge is 0.0125 e. The van der Waals surface area contributed by atoms with Gasteiger partial charge in [0.25, 0.3) is 0 Å². The zero-order valence-electron chi connectivity index (χ0n) is 31.2. The van der Waals surface area contributed by atoms with Crippen molar-refractivity contribution in [3.05, 3.63) is 0 Å². The molecule has 0 aliphatic rings. The van der Waals surface area contributed by atoms with Crippen molar-refractivity contribution in [2.45, 2.75) is 264 Å². The Bertz CT molecular complexity index is 483. The van der Waals surface area contributed by atoms with Crippen LogP contribution < -0.4 is 5.32 Å². The van der Waals surface area contributed by atoms with E-state index in [4.69, 9.17) is 0 Å². The third-order valence-corrected chi connectivity index (χ3v) is 10.0. The summed E-state index contributed by atoms with van der Waals surface area (Å²) >= 11 is 0. The fourth-order valence-electron chi connectivity index (χ4n) is 6.83. The molecule has 1 N–H and O–H groups in total. The topological polar surface area (TPSA) is 12.0 Å². The van der Waals surface area contributed by atoms with E-state index >= 15 is 0 Å². The molecule has 0 unspecified atom stereocenters. The summed E-state index contributed by atoms with van der Waals surface area (Å²) in [7, 11) is 0. The normalized spacial score (nSPS) is 12.0. The summed E-state index contributed by atoms with van der Waals surface area (Å²) in [5, 5.41) is 3.86. The van der Waals surface area contributed by atoms with Crippen LogP contribution in [0.2, 0.25) is 0 Å². The van der Waals surface area contributed by atoms with Crippen LogP contribution in [0.15, 0.2) is 0 Å². The van der Waals surface area contributed by atoms with Crippen LogP contribution in [-0.4, -0.2) is 12.1 Å². The van der Waals surface area contributed by atoms with Crippen LogP contribution in [0.4, 0.5) is 0 Å². The Hall–Kier alpha value is -0.0400. The Labute approximate surface area is 275 Å². The van der Waals surface area contributed by atoms with Crippen molar-refractivity contribution in [3.8, 4) is 0 Å². The SMILES string of the molecule is CCCCCCCCCCCCCCCCCCCCCCCCNC(C)(C)CCCCCCCCCCCCCCC. The van der Waals surface area contributed by atoms with Crippen molar-refractivity contribution in [1.29, 1.82) is 0 Å². The van der Waals surface area contributed by atoms with Crippen molar-refractivity contribution in [2.75, 3.05) is 6.54 Å². The molecule has 0 atom stereocenters. The summed E-state index contributed by atoms with van der Waals surface area (Å²) in [5.41, 5.74) is 0.324. The summed E-state index contributed by atoms with van der Waals surface area (Å²) in [6, 6.07) is 0. The highest BCUT2D eigenvalue weighted by molar-refractivity contribution is 4.77. The highest BCUT2D eigenvalue weighted by atomic mass is 14.9. The number of hydrogen-bond acceptors (Lipinski definition) is 1. The van der Waals surface area contributed by atoms with Gasteiger partial charge in [-0.1, -0.05) is 232 Å². The van der Waals surface area contributed by atoms with Crippen LogP contribution in [0.1, 0.15) is 259 Å². The van der Waals surface area contributed by atoms with Crippen molar-refractivity contribution in [3.63, 3.8) is 0 Å². The molecule has 43 heavy (non-hydrogen) atoms. The van der Waals surface area contributed by atoms with E-state index in [0.717, 1.165) is 0 Å². The number of nitrogens with one attached hydrogen (secondary N) is 1. The minimum atomic E-state index is 0.324. The molecule has 1 nitrogen and oxygen atoms in total. The highest BCUT2D eigenvalue weighted by Crippen LogP contribution is 2.18. The molecule has 0 aliphatic carbocycles. The van der Waals surface area contributed by atoms with E-state index in [0.29, 0.717) is 5.54 Å². The monoisotopic (exact) mass is 606 g/mol. The zero-order chi connectivity index (χ0) is 31.4. The lowest BCUT2D eigenvalue weighted by Gasteiger charge is -2.26. The molecule has 0 heterocycles. The summed E-state index contributed by atoms with van der Waals surface area (Å²) in [6.07, 6.45) is 52.4. The van der Waals surface area contributed by atoms with Crippen LogP contribution >= 0.6 is 0 Å². The first-order chi connectivity index (χ1) is 21.1. The summed E-state index contributed by atoms with van der Waals surface area (Å²) in [4.78, 5) is 0. The second-order valence-electron chi connectivity index (χ2n) is 15.2. The zero-order valence-corrected chi connectivity index (χ0v) is 31.2. The van der Waals surface area contributed by atoms with E-state index in [1.54, 1.807) is 0 Å². The van der Waals surface area contributed by atoms with Gasteiger partial charge in [-0.05, 0) is 33.2 Å². The fraction of sp³-hybridized carbons (Fsp3) is 1.00. The van der Waals surface area contributed by atoms with E-state index in [2.05, 4.69) is 33.0 Å². The van der Waals surface area contributed by atoms with Crippen LogP contribution in [0.3, 0.4) is 0 Å². The molecule has 0 aliphatic heterocycles. The van der Waals surface area contributed by atoms with Gasteiger partial charge >= 0.3 is 0 Å². The van der Waals surface area contributed by atoms with Crippen molar-refractivity contribution >= 4 is 0 Å². The second kappa shape index (κ2) is 36.4. The van der Waals surface area contributed by atoms with E-state index in [9.17, 15) is 0 Å². The molecular weight excluding hydrogens is 518 g/mol. The highest BCUT2D eigenvalue weighted by Gasteiger charge is 2.15. The van der Waals surface area contributed by atoms with Gasteiger partial charge in [-0.15, -0.1) is 0 Å². The molecule has 0 aromatic rings. The molecule has 0 saturated heterocycles. The predicted octanol–water partition coefficient (Wildman–Crippen LogP) is 15.4. The Morgan fingerprint density at radius 2 is 0.488 bits per heavy atom. The number of unbranched alkanes of at least 4 members (excludes halogenated alkanes) is 33. The molecule has 0 radical (unpaired) electrons. The number of rotatable bonds is 38. The standard InChI is InChI=1S/C42H87N/c1-5-7-9-11-13-15-17-19-20-21-22-23-24-25-26-27-29-31-33-35-37-39-41-43-42(3,4)40-38-36-34-32-30-28-18-16-14-12-10-8-6-2/h43H,5-41H2,1-4H3. The minimum Gasteiger partial charge on any atom is -0.312 e. The van der Waals surface area contributed by atoms with Gasteiger partial charge in [-0.25, -0.2) is 0 Å². The Balaban J connectivity index is 3.23. The first-order valence-electron chi connectivity index (χ1n) is 20.9. The first-order valence-corrected chi connectivity index (χ1v) is 20.9. The van der Waals surface area contributed by atoms with Crippen LogP contribution in [0.5, 0.6) is 0 Å². The fourth-order valence-corrected chi connectivity index (χ4v) is 6.83. The minimum absolute atomic E-state index is 0.324. The Morgan fingerprint density at radius 3 is 0.744 bits per heavy atom. The average Bonchev–Trinajstić information content (AvgIpc) is 3.00. The molecule has 0 saturated carbocycles. The van der Waals surface area contributed by atoms with Crippen LogP contribution in [0, 0.1) is 0 Å². The second-order valence-corrected chi connectivity index (χ2v) is 15.2. The van der Waals surface area contributed by atoms with Gasteiger partial charge in [0.15, 0.2) is 0 Å². The predicted molar refractivity (Wildman–Crippen MR) is 200 cm³/mol. The van der Waals surface area contributed by atoms with Gasteiger partial charge in [0, 0.05) is 5.54 Å². The van der Waals surface area contributed by atoms with E-state index in [1.807, 2.05) is 0 Å². The van der Waals surface area contributed by atoms with Crippen molar-refractivity contribution in [1.82, 2.24) is 5.32 Å². The van der Waals surface area contributed by atoms with Crippen LogP contribution in [0.25, 0.3) is 0 Å². The molecule has 0 aromatic carbocycles. The maximum Gasteiger partial charge on any atom is 0.0125 e. The summed E-state index contributed by atoms with van der Waals surface area (Å²) in [6.45, 7) is 10.7. The third kappa shape index (κ3) is 38.1. The maximum absolute atomic E-state index is 3.86. The van der Waals surface area contributed by atoms with Gasteiger partial charge in [0.1, 0.15) is 0 Å². The Morgan fingerprint density at radius 1 is 0.279 bits per heavy atom. The largest absolute Gasteiger partial charge is 0.312 e. The van der Waals surface area contributed by atoms with Crippen molar-refractivity contribution < 1.29 is 0 Å².